The van der Waals surface area contributed by atoms with E-state index >= 15 is 0 Å². The first-order valence-corrected chi connectivity index (χ1v) is 7.19. The van der Waals surface area contributed by atoms with Crippen molar-refractivity contribution >= 4 is 23.6 Å². The van der Waals surface area contributed by atoms with Crippen LogP contribution in [0.15, 0.2) is 0 Å². The minimum absolute atomic E-state index is 0.000603. The Hall–Kier alpha value is -0.710. The van der Waals surface area contributed by atoms with E-state index in [1.54, 1.807) is 16.7 Å². The molecule has 1 unspecified atom stereocenters. The molecule has 2 rings (SSSR count). The fourth-order valence-corrected chi connectivity index (χ4v) is 2.48. The number of nitrogens with zero attached hydrogens (tertiary/aromatic N) is 1. The maximum Gasteiger partial charge on any atom is 0.245 e. The van der Waals surface area contributed by atoms with Gasteiger partial charge in [0.1, 0.15) is 6.04 Å². The molecule has 1 saturated heterocycles. The van der Waals surface area contributed by atoms with Gasteiger partial charge in [-0.25, -0.2) is 0 Å². The molecule has 90 valence electrons. The molecule has 2 aliphatic rings. The minimum atomic E-state index is -0.226. The second kappa shape index (κ2) is 5.08. The van der Waals surface area contributed by atoms with Crippen molar-refractivity contribution < 1.29 is 9.59 Å². The Balaban J connectivity index is 1.89. The van der Waals surface area contributed by atoms with Crippen LogP contribution in [0, 0.1) is 5.92 Å². The lowest BCUT2D eigenvalue weighted by molar-refractivity contribution is -0.144. The number of thioether (sulfide) groups is 1. The van der Waals surface area contributed by atoms with Crippen LogP contribution in [0.3, 0.4) is 0 Å². The van der Waals surface area contributed by atoms with Gasteiger partial charge in [-0.05, 0) is 37.2 Å². The second-order valence-corrected chi connectivity index (χ2v) is 5.47. The molecule has 0 spiro atoms. The molecule has 1 aliphatic heterocycles. The van der Waals surface area contributed by atoms with Gasteiger partial charge in [-0.1, -0.05) is 0 Å². The van der Waals surface area contributed by atoms with Crippen LogP contribution in [-0.4, -0.2) is 47.9 Å². The van der Waals surface area contributed by atoms with Gasteiger partial charge in [0.25, 0.3) is 0 Å². The maximum absolute atomic E-state index is 12.1. The van der Waals surface area contributed by atoms with E-state index in [2.05, 4.69) is 11.6 Å². The molecule has 5 heteroatoms. The average Bonchev–Trinajstić information content (AvgIpc) is 3.06. The topological polar surface area (TPSA) is 49.4 Å². The lowest BCUT2D eigenvalue weighted by Crippen LogP contribution is -2.59. The quantitative estimate of drug-likeness (QED) is 0.713. The normalized spacial score (nSPS) is 25.8. The highest BCUT2D eigenvalue weighted by Crippen LogP contribution is 2.34. The van der Waals surface area contributed by atoms with E-state index < -0.39 is 0 Å². The highest BCUT2D eigenvalue weighted by atomic mass is 32.2. The molecule has 1 heterocycles. The summed E-state index contributed by atoms with van der Waals surface area (Å²) in [6, 6.07) is -0.226. The fourth-order valence-electron chi connectivity index (χ4n) is 2.07. The summed E-state index contributed by atoms with van der Waals surface area (Å²) >= 11 is 1.77. The van der Waals surface area contributed by atoms with Gasteiger partial charge in [-0.3, -0.25) is 9.59 Å². The minimum Gasteiger partial charge on any atom is -0.342 e. The number of hydrogen-bond donors (Lipinski definition) is 1. The molecule has 16 heavy (non-hydrogen) atoms. The number of nitrogens with one attached hydrogen (secondary N) is 1. The van der Waals surface area contributed by atoms with Crippen molar-refractivity contribution in [1.82, 2.24) is 10.2 Å². The van der Waals surface area contributed by atoms with Crippen molar-refractivity contribution in [1.29, 1.82) is 0 Å². The van der Waals surface area contributed by atoms with E-state index in [-0.39, 0.29) is 24.4 Å². The van der Waals surface area contributed by atoms with E-state index in [4.69, 9.17) is 0 Å². The Morgan fingerprint density at radius 2 is 2.19 bits per heavy atom. The van der Waals surface area contributed by atoms with Crippen molar-refractivity contribution in [2.24, 2.45) is 5.92 Å². The molecule has 1 aliphatic carbocycles. The van der Waals surface area contributed by atoms with Crippen LogP contribution in [0.5, 0.6) is 0 Å². The Labute approximate surface area is 100 Å². The predicted octanol–water partition coefficient (Wildman–Crippen LogP) is 0.476. The average molecular weight is 242 g/mol. The zero-order chi connectivity index (χ0) is 11.5. The first kappa shape index (κ1) is 11.8. The summed E-state index contributed by atoms with van der Waals surface area (Å²) in [5.74, 6) is 1.57. The maximum atomic E-state index is 12.1. The molecule has 0 aromatic rings. The Kier molecular flexibility index (Phi) is 3.74. The van der Waals surface area contributed by atoms with Gasteiger partial charge in [0.15, 0.2) is 0 Å². The Morgan fingerprint density at radius 1 is 1.44 bits per heavy atom. The van der Waals surface area contributed by atoms with E-state index in [1.807, 2.05) is 0 Å². The van der Waals surface area contributed by atoms with Crippen LogP contribution in [0.1, 0.15) is 19.3 Å². The number of amides is 2. The van der Waals surface area contributed by atoms with E-state index in [9.17, 15) is 9.59 Å². The summed E-state index contributed by atoms with van der Waals surface area (Å²) in [6.07, 6.45) is 5.18. The second-order valence-electron chi connectivity index (χ2n) is 4.49. The zero-order valence-corrected chi connectivity index (χ0v) is 10.4. The molecule has 1 N–H and O–H groups in total. The van der Waals surface area contributed by atoms with Crippen LogP contribution >= 0.6 is 11.8 Å². The smallest absolute Gasteiger partial charge is 0.245 e. The molecule has 1 saturated carbocycles. The molecule has 0 aromatic carbocycles. The molecule has 4 nitrogen and oxygen atoms in total. The summed E-state index contributed by atoms with van der Waals surface area (Å²) < 4.78 is 0. The molecule has 0 radical (unpaired) electrons. The third-order valence-electron chi connectivity index (χ3n) is 3.10. The van der Waals surface area contributed by atoms with Crippen molar-refractivity contribution in [2.75, 3.05) is 25.1 Å². The Bertz CT molecular complexity index is 292. The van der Waals surface area contributed by atoms with Crippen LogP contribution in [0.25, 0.3) is 0 Å². The van der Waals surface area contributed by atoms with Gasteiger partial charge in [-0.2, -0.15) is 11.8 Å². The van der Waals surface area contributed by atoms with Gasteiger partial charge in [-0.15, -0.1) is 0 Å². The van der Waals surface area contributed by atoms with Crippen molar-refractivity contribution in [3.63, 3.8) is 0 Å². The first-order chi connectivity index (χ1) is 7.72. The summed E-state index contributed by atoms with van der Waals surface area (Å²) in [7, 11) is 0. The van der Waals surface area contributed by atoms with E-state index in [0.717, 1.165) is 31.6 Å². The van der Waals surface area contributed by atoms with Crippen LogP contribution in [0.2, 0.25) is 0 Å². The van der Waals surface area contributed by atoms with Gasteiger partial charge in [0.05, 0.1) is 6.54 Å². The molecular formula is C11H18N2O2S. The number of carbonyl (C=O) groups is 2. The number of carbonyl (C=O) groups excluding carboxylic acids is 2. The lowest BCUT2D eigenvalue weighted by Gasteiger charge is -2.32. The summed E-state index contributed by atoms with van der Waals surface area (Å²) in [5.41, 5.74) is 0. The monoisotopic (exact) mass is 242 g/mol. The number of rotatable bonds is 5. The van der Waals surface area contributed by atoms with Crippen LogP contribution in [0.4, 0.5) is 0 Å². The summed E-state index contributed by atoms with van der Waals surface area (Å²) in [5, 5.41) is 2.81. The van der Waals surface area contributed by atoms with Crippen LogP contribution < -0.4 is 5.32 Å². The Morgan fingerprint density at radius 3 is 2.81 bits per heavy atom. The first-order valence-electron chi connectivity index (χ1n) is 5.79. The highest BCUT2D eigenvalue weighted by Gasteiger charge is 2.42. The lowest BCUT2D eigenvalue weighted by atomic mass is 10.1. The standard InChI is InChI=1S/C11H18N2O2S/c1-16-6-2-5-13-7-9(14)12-10(11(13)15)8-3-4-8/h8,10H,2-7H2,1H3,(H,12,14). The SMILES string of the molecule is CSCCCN1CC(=O)NC(C2CC2)C1=O. The molecular weight excluding hydrogens is 224 g/mol. The van der Waals surface area contributed by atoms with Crippen LogP contribution in [-0.2, 0) is 9.59 Å². The van der Waals surface area contributed by atoms with E-state index in [0.29, 0.717) is 5.92 Å². The molecule has 0 aromatic heterocycles. The summed E-state index contributed by atoms with van der Waals surface area (Å²) in [4.78, 5) is 25.3. The number of piperazine rings is 1. The predicted molar refractivity (Wildman–Crippen MR) is 64.2 cm³/mol. The molecule has 2 fully saturated rings. The van der Waals surface area contributed by atoms with Gasteiger partial charge in [0.2, 0.25) is 11.8 Å². The molecule has 1 atom stereocenters. The third-order valence-corrected chi connectivity index (χ3v) is 3.80. The van der Waals surface area contributed by atoms with Crippen molar-refractivity contribution in [3.05, 3.63) is 0 Å². The fraction of sp³-hybridized carbons (Fsp3) is 0.818. The highest BCUT2D eigenvalue weighted by molar-refractivity contribution is 7.98. The van der Waals surface area contributed by atoms with Gasteiger partial charge >= 0.3 is 0 Å². The van der Waals surface area contributed by atoms with Crippen molar-refractivity contribution in [2.45, 2.75) is 25.3 Å². The summed E-state index contributed by atoms with van der Waals surface area (Å²) in [6.45, 7) is 0.965. The van der Waals surface area contributed by atoms with E-state index in [1.165, 1.54) is 0 Å². The van der Waals surface area contributed by atoms with Gasteiger partial charge < -0.3 is 10.2 Å². The third kappa shape index (κ3) is 2.70. The van der Waals surface area contributed by atoms with Crippen molar-refractivity contribution in [3.8, 4) is 0 Å². The zero-order valence-electron chi connectivity index (χ0n) is 9.57. The van der Waals surface area contributed by atoms with Gasteiger partial charge in [0, 0.05) is 6.54 Å². The molecule has 0 bridgehead atoms. The number of hydrogen-bond acceptors (Lipinski definition) is 3. The molecule has 2 amide bonds. The largest absolute Gasteiger partial charge is 0.342 e.